The van der Waals surface area contributed by atoms with Gasteiger partial charge in [0.05, 0.1) is 11.4 Å². The number of anilines is 3. The Morgan fingerprint density at radius 2 is 1.65 bits per heavy atom. The maximum atomic E-state index is 5.74. The maximum Gasteiger partial charge on any atom is 0.0568 e. The second kappa shape index (κ2) is 7.82. The molecular formula is C14H25N3. The summed E-state index contributed by atoms with van der Waals surface area (Å²) in [5.41, 5.74) is 13.8. The van der Waals surface area contributed by atoms with E-state index in [1.54, 1.807) is 0 Å². The molecule has 96 valence electrons. The van der Waals surface area contributed by atoms with Crippen LogP contribution in [0.25, 0.3) is 0 Å². The van der Waals surface area contributed by atoms with Crippen molar-refractivity contribution in [2.75, 3.05) is 23.3 Å². The van der Waals surface area contributed by atoms with Gasteiger partial charge in [0.2, 0.25) is 0 Å². The molecule has 5 N–H and O–H groups in total. The molecule has 1 aromatic rings. The number of benzene rings is 1. The summed E-state index contributed by atoms with van der Waals surface area (Å²) in [6.07, 6.45) is 7.90. The predicted molar refractivity (Wildman–Crippen MR) is 77.1 cm³/mol. The SMILES string of the molecule is CCCCCCCCNc1ccc(N)c(N)c1. The minimum absolute atomic E-state index is 0.648. The first-order valence-electron chi connectivity index (χ1n) is 6.63. The van der Waals surface area contributed by atoms with Crippen LogP contribution < -0.4 is 16.8 Å². The Morgan fingerprint density at radius 3 is 2.35 bits per heavy atom. The van der Waals surface area contributed by atoms with Crippen molar-refractivity contribution in [2.24, 2.45) is 0 Å². The molecule has 1 aromatic carbocycles. The quantitative estimate of drug-likeness (QED) is 0.476. The van der Waals surface area contributed by atoms with Crippen molar-refractivity contribution in [3.63, 3.8) is 0 Å². The highest BCUT2D eigenvalue weighted by Crippen LogP contribution is 2.19. The average Bonchev–Trinajstić information content (AvgIpc) is 2.32. The standard InChI is InChI=1S/C14H25N3/c1-2-3-4-5-6-7-10-17-12-8-9-13(15)14(16)11-12/h8-9,11,17H,2-7,10,15-16H2,1H3. The third-order valence-electron chi connectivity index (χ3n) is 2.95. The van der Waals surface area contributed by atoms with E-state index in [-0.39, 0.29) is 0 Å². The van der Waals surface area contributed by atoms with Gasteiger partial charge in [-0.15, -0.1) is 0 Å². The third-order valence-corrected chi connectivity index (χ3v) is 2.95. The normalized spacial score (nSPS) is 10.4. The van der Waals surface area contributed by atoms with Gasteiger partial charge in [0.25, 0.3) is 0 Å². The lowest BCUT2D eigenvalue weighted by atomic mass is 10.1. The van der Waals surface area contributed by atoms with Crippen molar-refractivity contribution in [3.05, 3.63) is 18.2 Å². The number of hydrogen-bond acceptors (Lipinski definition) is 3. The number of nitrogens with two attached hydrogens (primary N) is 2. The summed E-state index contributed by atoms with van der Waals surface area (Å²) in [5, 5.41) is 3.37. The van der Waals surface area contributed by atoms with E-state index in [4.69, 9.17) is 11.5 Å². The molecular weight excluding hydrogens is 210 g/mol. The zero-order chi connectivity index (χ0) is 12.5. The Morgan fingerprint density at radius 1 is 0.941 bits per heavy atom. The van der Waals surface area contributed by atoms with Crippen LogP contribution in [-0.4, -0.2) is 6.54 Å². The van der Waals surface area contributed by atoms with Crippen molar-refractivity contribution >= 4 is 17.1 Å². The van der Waals surface area contributed by atoms with Crippen LogP contribution in [0.5, 0.6) is 0 Å². The Kier molecular flexibility index (Phi) is 6.30. The highest BCUT2D eigenvalue weighted by Gasteiger charge is 1.96. The van der Waals surface area contributed by atoms with Crippen LogP contribution in [0.1, 0.15) is 45.4 Å². The van der Waals surface area contributed by atoms with Gasteiger partial charge in [0, 0.05) is 12.2 Å². The minimum atomic E-state index is 0.648. The van der Waals surface area contributed by atoms with Crippen LogP contribution in [0.15, 0.2) is 18.2 Å². The maximum absolute atomic E-state index is 5.74. The molecule has 17 heavy (non-hydrogen) atoms. The molecule has 0 aromatic heterocycles. The van der Waals surface area contributed by atoms with E-state index in [0.717, 1.165) is 12.2 Å². The number of rotatable bonds is 8. The molecule has 0 saturated carbocycles. The van der Waals surface area contributed by atoms with E-state index in [1.165, 1.54) is 38.5 Å². The summed E-state index contributed by atoms with van der Waals surface area (Å²) in [4.78, 5) is 0. The van der Waals surface area contributed by atoms with Crippen LogP contribution in [0.4, 0.5) is 17.1 Å². The lowest BCUT2D eigenvalue weighted by molar-refractivity contribution is 0.617. The Labute approximate surface area is 105 Å². The molecule has 0 spiro atoms. The van der Waals surface area contributed by atoms with E-state index in [0.29, 0.717) is 11.4 Å². The predicted octanol–water partition coefficient (Wildman–Crippen LogP) is 3.62. The Balaban J connectivity index is 2.11. The lowest BCUT2D eigenvalue weighted by Gasteiger charge is -2.08. The van der Waals surface area contributed by atoms with Gasteiger partial charge in [-0.2, -0.15) is 0 Å². The summed E-state index contributed by atoms with van der Waals surface area (Å²) in [5.74, 6) is 0. The lowest BCUT2D eigenvalue weighted by Crippen LogP contribution is -2.03. The molecule has 0 bridgehead atoms. The van der Waals surface area contributed by atoms with E-state index in [9.17, 15) is 0 Å². The van der Waals surface area contributed by atoms with Crippen LogP contribution in [-0.2, 0) is 0 Å². The largest absolute Gasteiger partial charge is 0.397 e. The fraction of sp³-hybridized carbons (Fsp3) is 0.571. The van der Waals surface area contributed by atoms with Crippen molar-refractivity contribution in [1.29, 1.82) is 0 Å². The van der Waals surface area contributed by atoms with Gasteiger partial charge in [-0.25, -0.2) is 0 Å². The average molecular weight is 235 g/mol. The zero-order valence-corrected chi connectivity index (χ0v) is 10.8. The fourth-order valence-electron chi connectivity index (χ4n) is 1.82. The number of unbranched alkanes of at least 4 members (excludes halogenated alkanes) is 5. The molecule has 0 saturated heterocycles. The molecule has 0 unspecified atom stereocenters. The van der Waals surface area contributed by atoms with Gasteiger partial charge in [0.1, 0.15) is 0 Å². The van der Waals surface area contributed by atoms with Gasteiger partial charge < -0.3 is 16.8 Å². The molecule has 0 aliphatic rings. The molecule has 0 amide bonds. The molecule has 0 heterocycles. The minimum Gasteiger partial charge on any atom is -0.397 e. The summed E-state index contributed by atoms with van der Waals surface area (Å²) < 4.78 is 0. The molecule has 0 atom stereocenters. The van der Waals surface area contributed by atoms with E-state index < -0.39 is 0 Å². The number of nitrogens with one attached hydrogen (secondary N) is 1. The van der Waals surface area contributed by atoms with Crippen LogP contribution in [0.3, 0.4) is 0 Å². The molecule has 3 heteroatoms. The van der Waals surface area contributed by atoms with Crippen molar-refractivity contribution < 1.29 is 0 Å². The number of hydrogen-bond donors (Lipinski definition) is 3. The Hall–Kier alpha value is -1.38. The van der Waals surface area contributed by atoms with E-state index in [1.807, 2.05) is 18.2 Å². The van der Waals surface area contributed by atoms with Gasteiger partial charge in [0.15, 0.2) is 0 Å². The van der Waals surface area contributed by atoms with Crippen LogP contribution in [0.2, 0.25) is 0 Å². The second-order valence-corrected chi connectivity index (χ2v) is 4.54. The molecule has 0 aliphatic carbocycles. The summed E-state index contributed by atoms with van der Waals surface area (Å²) in [6, 6.07) is 5.72. The molecule has 0 fully saturated rings. The smallest absolute Gasteiger partial charge is 0.0568 e. The van der Waals surface area contributed by atoms with Gasteiger partial charge in [-0.1, -0.05) is 39.0 Å². The molecule has 3 nitrogen and oxygen atoms in total. The number of nitrogen functional groups attached to an aromatic ring is 2. The Bertz CT molecular complexity index is 323. The van der Waals surface area contributed by atoms with Gasteiger partial charge in [-0.05, 0) is 24.6 Å². The van der Waals surface area contributed by atoms with Crippen molar-refractivity contribution in [2.45, 2.75) is 45.4 Å². The van der Waals surface area contributed by atoms with E-state index >= 15 is 0 Å². The second-order valence-electron chi connectivity index (χ2n) is 4.54. The monoisotopic (exact) mass is 235 g/mol. The first-order chi connectivity index (χ1) is 8.24. The zero-order valence-electron chi connectivity index (χ0n) is 10.8. The van der Waals surface area contributed by atoms with Crippen LogP contribution in [0, 0.1) is 0 Å². The van der Waals surface area contributed by atoms with E-state index in [2.05, 4.69) is 12.2 Å². The topological polar surface area (TPSA) is 64.1 Å². The van der Waals surface area contributed by atoms with Gasteiger partial charge >= 0.3 is 0 Å². The molecule has 0 aliphatic heterocycles. The molecule has 1 rings (SSSR count). The summed E-state index contributed by atoms with van der Waals surface area (Å²) in [6.45, 7) is 3.25. The first kappa shape index (κ1) is 13.7. The van der Waals surface area contributed by atoms with Crippen LogP contribution >= 0.6 is 0 Å². The fourth-order valence-corrected chi connectivity index (χ4v) is 1.82. The summed E-state index contributed by atoms with van der Waals surface area (Å²) >= 11 is 0. The van der Waals surface area contributed by atoms with Crippen molar-refractivity contribution in [1.82, 2.24) is 0 Å². The highest BCUT2D eigenvalue weighted by molar-refractivity contribution is 5.69. The van der Waals surface area contributed by atoms with Crippen molar-refractivity contribution in [3.8, 4) is 0 Å². The van der Waals surface area contributed by atoms with Gasteiger partial charge in [-0.3, -0.25) is 0 Å². The molecule has 0 radical (unpaired) electrons. The summed E-state index contributed by atoms with van der Waals surface area (Å²) in [7, 11) is 0. The highest BCUT2D eigenvalue weighted by atomic mass is 14.9. The first-order valence-corrected chi connectivity index (χ1v) is 6.63. The third kappa shape index (κ3) is 5.48.